The molecule has 0 aliphatic heterocycles. The average molecular weight is 793 g/mol. The van der Waals surface area contributed by atoms with Gasteiger partial charge in [-0.2, -0.15) is 0 Å². The van der Waals surface area contributed by atoms with Crippen LogP contribution in [0.3, 0.4) is 0 Å². The van der Waals surface area contributed by atoms with Gasteiger partial charge in [-0.15, -0.1) is 0 Å². The Morgan fingerprint density at radius 2 is 0.371 bits per heavy atom. The van der Waals surface area contributed by atoms with E-state index < -0.39 is 0 Å². The molecule has 2 nitrogen and oxygen atoms in total. The van der Waals surface area contributed by atoms with Crippen LogP contribution >= 0.6 is 0 Å². The third kappa shape index (κ3) is 8.18. The van der Waals surface area contributed by atoms with Crippen LogP contribution in [0.2, 0.25) is 0 Å². The first-order chi connectivity index (χ1) is 30.7. The minimum Gasteiger partial charge on any atom is -0.310 e. The van der Waals surface area contributed by atoms with Crippen molar-refractivity contribution in [2.75, 3.05) is 9.80 Å². The fourth-order valence-electron chi connectivity index (χ4n) is 8.32. The quantitative estimate of drug-likeness (QED) is 0.129. The molecule has 0 saturated heterocycles. The molecule has 10 aromatic rings. The molecule has 0 bridgehead atoms. The lowest BCUT2D eigenvalue weighted by Crippen LogP contribution is -2.09. The smallest absolute Gasteiger partial charge is 0.0467 e. The van der Waals surface area contributed by atoms with Gasteiger partial charge in [-0.05, 0) is 141 Å². The Labute approximate surface area is 364 Å². The molecule has 0 aromatic heterocycles. The molecule has 0 unspecified atom stereocenters. The van der Waals surface area contributed by atoms with Crippen molar-refractivity contribution in [3.8, 4) is 55.6 Å². The number of rotatable bonds is 11. The SMILES string of the molecule is c1ccc(-c2cccc(N(c3ccccc3)c3ccc(-c4cccc(-c5cccc(-c6ccc(N(c7ccccc7)c7cccc(-c8ccccc8)c7)cc6)c5)c4)cc3)c2)cc1. The summed E-state index contributed by atoms with van der Waals surface area (Å²) in [6.45, 7) is 0. The fourth-order valence-corrected chi connectivity index (χ4v) is 8.32. The van der Waals surface area contributed by atoms with Crippen molar-refractivity contribution in [3.63, 3.8) is 0 Å². The Kier molecular flexibility index (Phi) is 10.8. The van der Waals surface area contributed by atoms with Gasteiger partial charge in [0.2, 0.25) is 0 Å². The first-order valence-electron chi connectivity index (χ1n) is 21.2. The van der Waals surface area contributed by atoms with Crippen molar-refractivity contribution in [1.29, 1.82) is 0 Å². The summed E-state index contributed by atoms with van der Waals surface area (Å²) in [6, 6.07) is 95.5. The van der Waals surface area contributed by atoms with Gasteiger partial charge in [0.1, 0.15) is 0 Å². The third-order valence-electron chi connectivity index (χ3n) is 11.4. The lowest BCUT2D eigenvalue weighted by molar-refractivity contribution is 1.28. The molecule has 10 aromatic carbocycles. The number of nitrogens with zero attached hydrogens (tertiary/aromatic N) is 2. The topological polar surface area (TPSA) is 6.48 Å². The molecular weight excluding hydrogens is 749 g/mol. The number of hydrogen-bond donors (Lipinski definition) is 0. The summed E-state index contributed by atoms with van der Waals surface area (Å²) >= 11 is 0. The minimum absolute atomic E-state index is 1.10. The van der Waals surface area contributed by atoms with Crippen LogP contribution in [-0.4, -0.2) is 0 Å². The molecule has 2 heteroatoms. The van der Waals surface area contributed by atoms with Crippen LogP contribution in [0.1, 0.15) is 0 Å². The largest absolute Gasteiger partial charge is 0.310 e. The van der Waals surface area contributed by atoms with Crippen molar-refractivity contribution in [2.45, 2.75) is 0 Å². The van der Waals surface area contributed by atoms with Crippen LogP contribution in [0.5, 0.6) is 0 Å². The molecule has 0 N–H and O–H groups in total. The first kappa shape index (κ1) is 38.0. The molecule has 0 aliphatic carbocycles. The second-order valence-corrected chi connectivity index (χ2v) is 15.4. The van der Waals surface area contributed by atoms with E-state index in [9.17, 15) is 0 Å². The maximum Gasteiger partial charge on any atom is 0.0467 e. The van der Waals surface area contributed by atoms with Gasteiger partial charge < -0.3 is 9.80 Å². The molecule has 0 saturated carbocycles. The van der Waals surface area contributed by atoms with Gasteiger partial charge in [-0.25, -0.2) is 0 Å². The summed E-state index contributed by atoms with van der Waals surface area (Å²) in [4.78, 5) is 4.65. The molecule has 0 atom stereocenters. The van der Waals surface area contributed by atoms with E-state index in [1.54, 1.807) is 0 Å². The molecule has 10 rings (SSSR count). The second kappa shape index (κ2) is 17.6. The fraction of sp³-hybridized carbons (Fsp3) is 0. The van der Waals surface area contributed by atoms with Gasteiger partial charge in [0, 0.05) is 34.1 Å². The number of para-hydroxylation sites is 2. The molecule has 62 heavy (non-hydrogen) atoms. The van der Waals surface area contributed by atoms with Crippen molar-refractivity contribution in [2.24, 2.45) is 0 Å². The van der Waals surface area contributed by atoms with E-state index in [2.05, 4.69) is 277 Å². The van der Waals surface area contributed by atoms with Gasteiger partial charge >= 0.3 is 0 Å². The molecule has 0 fully saturated rings. The Balaban J connectivity index is 0.918. The molecule has 0 spiro atoms. The first-order valence-corrected chi connectivity index (χ1v) is 21.2. The summed E-state index contributed by atoms with van der Waals surface area (Å²) < 4.78 is 0. The predicted octanol–water partition coefficient (Wildman–Crippen LogP) is 17.0. The number of hydrogen-bond acceptors (Lipinski definition) is 2. The number of benzene rings is 10. The molecular formula is C60H44N2. The second-order valence-electron chi connectivity index (χ2n) is 15.4. The lowest BCUT2D eigenvalue weighted by atomic mass is 9.96. The standard InChI is InChI=1S/C60H44N2/c1-5-17-45(18-6-1)53-25-15-31-59(43-53)61(55-27-9-3-10-28-55)57-37-33-47(34-38-57)49-21-13-23-51(41-49)52-24-14-22-50(42-52)48-35-39-58(40-36-48)62(56-29-11-4-12-30-56)60-32-16-26-54(44-60)46-19-7-2-8-20-46/h1-44H. The normalized spacial score (nSPS) is 10.9. The van der Waals surface area contributed by atoms with E-state index in [0.717, 1.165) is 34.1 Å². The average Bonchev–Trinajstić information content (AvgIpc) is 3.36. The van der Waals surface area contributed by atoms with E-state index in [-0.39, 0.29) is 0 Å². The van der Waals surface area contributed by atoms with Crippen LogP contribution < -0.4 is 9.80 Å². The van der Waals surface area contributed by atoms with E-state index in [4.69, 9.17) is 0 Å². The highest BCUT2D eigenvalue weighted by Gasteiger charge is 2.16. The molecule has 294 valence electrons. The maximum absolute atomic E-state index is 2.33. The van der Waals surface area contributed by atoms with Crippen LogP contribution in [0.4, 0.5) is 34.1 Å². The summed E-state index contributed by atoms with van der Waals surface area (Å²) in [5, 5.41) is 0. The predicted molar refractivity (Wildman–Crippen MR) is 263 cm³/mol. The summed E-state index contributed by atoms with van der Waals surface area (Å²) in [5.41, 5.74) is 18.5. The maximum atomic E-state index is 2.33. The van der Waals surface area contributed by atoms with E-state index in [1.165, 1.54) is 55.6 Å². The summed E-state index contributed by atoms with van der Waals surface area (Å²) in [7, 11) is 0. The van der Waals surface area contributed by atoms with Gasteiger partial charge in [-0.1, -0.05) is 182 Å². The van der Waals surface area contributed by atoms with Gasteiger partial charge in [-0.3, -0.25) is 0 Å². The molecule has 0 heterocycles. The van der Waals surface area contributed by atoms with Crippen molar-refractivity contribution in [1.82, 2.24) is 0 Å². The van der Waals surface area contributed by atoms with E-state index >= 15 is 0 Å². The highest BCUT2D eigenvalue weighted by Crippen LogP contribution is 2.40. The number of anilines is 6. The van der Waals surface area contributed by atoms with Gasteiger partial charge in [0.05, 0.1) is 0 Å². The van der Waals surface area contributed by atoms with E-state index in [1.807, 2.05) is 0 Å². The van der Waals surface area contributed by atoms with Gasteiger partial charge in [0.25, 0.3) is 0 Å². The van der Waals surface area contributed by atoms with Crippen molar-refractivity contribution >= 4 is 34.1 Å². The van der Waals surface area contributed by atoms with Crippen molar-refractivity contribution < 1.29 is 0 Å². The molecule has 0 radical (unpaired) electrons. The van der Waals surface area contributed by atoms with E-state index in [0.29, 0.717) is 0 Å². The van der Waals surface area contributed by atoms with Crippen LogP contribution in [0, 0.1) is 0 Å². The molecule has 0 aliphatic rings. The van der Waals surface area contributed by atoms with Gasteiger partial charge in [0.15, 0.2) is 0 Å². The zero-order chi connectivity index (χ0) is 41.5. The van der Waals surface area contributed by atoms with Crippen molar-refractivity contribution in [3.05, 3.63) is 267 Å². The monoisotopic (exact) mass is 792 g/mol. The zero-order valence-electron chi connectivity index (χ0n) is 34.3. The third-order valence-corrected chi connectivity index (χ3v) is 11.4. The minimum atomic E-state index is 1.10. The highest BCUT2D eigenvalue weighted by atomic mass is 15.1. The summed E-state index contributed by atoms with van der Waals surface area (Å²) in [5.74, 6) is 0. The Hall–Kier alpha value is -8.20. The van der Waals surface area contributed by atoms with Crippen LogP contribution in [0.15, 0.2) is 267 Å². The Bertz CT molecular complexity index is 2820. The molecule has 0 amide bonds. The summed E-state index contributed by atoms with van der Waals surface area (Å²) in [6.07, 6.45) is 0. The Morgan fingerprint density at radius 3 is 0.726 bits per heavy atom. The van der Waals surface area contributed by atoms with Crippen LogP contribution in [-0.2, 0) is 0 Å². The zero-order valence-corrected chi connectivity index (χ0v) is 34.3. The lowest BCUT2D eigenvalue weighted by Gasteiger charge is -2.26. The Morgan fingerprint density at radius 1 is 0.145 bits per heavy atom. The van der Waals surface area contributed by atoms with Crippen LogP contribution in [0.25, 0.3) is 55.6 Å². The highest BCUT2D eigenvalue weighted by molar-refractivity contribution is 5.84.